The third kappa shape index (κ3) is 7.33. The van der Waals surface area contributed by atoms with E-state index in [9.17, 15) is 29.2 Å². The van der Waals surface area contributed by atoms with Crippen molar-refractivity contribution in [3.63, 3.8) is 0 Å². The number of ether oxygens (including phenoxy) is 2. The molecule has 1 aliphatic heterocycles. The Kier molecular flexibility index (Phi) is 9.69. The van der Waals surface area contributed by atoms with E-state index in [2.05, 4.69) is 10.1 Å². The fraction of sp³-hybridized carbons (Fsp3) is 0.346. The van der Waals surface area contributed by atoms with E-state index in [0.717, 1.165) is 22.4 Å². The van der Waals surface area contributed by atoms with Gasteiger partial charge in [0, 0.05) is 18.2 Å². The molecule has 13 nitrogen and oxygen atoms in total. The van der Waals surface area contributed by atoms with Crippen LogP contribution in [-0.2, 0) is 30.0 Å². The molecule has 0 bridgehead atoms. The molecule has 214 valence electrons. The largest absolute Gasteiger partial charge is 0.460 e. The number of esters is 1. The smallest absolute Gasteiger partial charge is 0.459 e. The van der Waals surface area contributed by atoms with E-state index in [1.165, 1.54) is 6.92 Å². The predicted molar refractivity (Wildman–Crippen MR) is 141 cm³/mol. The van der Waals surface area contributed by atoms with Gasteiger partial charge in [0.15, 0.2) is 6.23 Å². The topological polar surface area (TPSA) is 178 Å². The quantitative estimate of drug-likeness (QED) is 0.181. The highest BCUT2D eigenvalue weighted by atomic mass is 31.2. The van der Waals surface area contributed by atoms with Gasteiger partial charge in [-0.05, 0) is 24.6 Å². The minimum Gasteiger partial charge on any atom is -0.460 e. The predicted octanol–water partition coefficient (Wildman–Crippen LogP) is 1.33. The number of benzene rings is 2. The molecule has 2 heterocycles. The van der Waals surface area contributed by atoms with Crippen LogP contribution in [-0.4, -0.2) is 57.2 Å². The second-order valence-corrected chi connectivity index (χ2v) is 10.8. The van der Waals surface area contributed by atoms with Gasteiger partial charge >= 0.3 is 19.4 Å². The Morgan fingerprint density at radius 2 is 1.80 bits per heavy atom. The third-order valence-corrected chi connectivity index (χ3v) is 7.81. The highest BCUT2D eigenvalue weighted by molar-refractivity contribution is 7.52. The summed E-state index contributed by atoms with van der Waals surface area (Å²) in [5, 5.41) is 23.2. The van der Waals surface area contributed by atoms with E-state index in [1.54, 1.807) is 54.6 Å². The number of aliphatic hydroxyl groups excluding tert-OH is 2. The Hall–Kier alpha value is -3.58. The number of aromatic nitrogens is 2. The van der Waals surface area contributed by atoms with Gasteiger partial charge in [0.2, 0.25) is 0 Å². The maximum atomic E-state index is 13.8. The first-order chi connectivity index (χ1) is 19.2. The second kappa shape index (κ2) is 13.2. The molecule has 0 saturated carbocycles. The molecule has 0 unspecified atom stereocenters. The van der Waals surface area contributed by atoms with E-state index >= 15 is 0 Å². The van der Waals surface area contributed by atoms with Crippen LogP contribution >= 0.6 is 7.75 Å². The van der Waals surface area contributed by atoms with Crippen LogP contribution in [0.1, 0.15) is 18.7 Å². The summed E-state index contributed by atoms with van der Waals surface area (Å²) in [7, 11) is -4.27. The van der Waals surface area contributed by atoms with Gasteiger partial charge in [0.25, 0.3) is 5.56 Å². The molecule has 4 N–H and O–H groups in total. The zero-order chi connectivity index (χ0) is 28.7. The summed E-state index contributed by atoms with van der Waals surface area (Å²) in [6.07, 6.45) is -2.51. The molecule has 14 heteroatoms. The van der Waals surface area contributed by atoms with Gasteiger partial charge in [-0.2, -0.15) is 5.09 Å². The lowest BCUT2D eigenvalue weighted by molar-refractivity contribution is -0.146. The number of carbonyl (C=O) groups is 1. The summed E-state index contributed by atoms with van der Waals surface area (Å²) in [6, 6.07) is 17.1. The fourth-order valence-corrected chi connectivity index (χ4v) is 5.57. The molecule has 1 aliphatic rings. The maximum absolute atomic E-state index is 13.8. The van der Waals surface area contributed by atoms with Crippen molar-refractivity contribution in [3.05, 3.63) is 99.3 Å². The average molecular weight is 576 g/mol. The van der Waals surface area contributed by atoms with E-state index in [-0.39, 0.29) is 12.4 Å². The number of rotatable bonds is 12. The van der Waals surface area contributed by atoms with Gasteiger partial charge in [-0.25, -0.2) is 9.36 Å². The Labute approximate surface area is 228 Å². The zero-order valence-electron chi connectivity index (χ0n) is 21.5. The lowest BCUT2D eigenvalue weighted by atomic mass is 9.99. The second-order valence-electron chi connectivity index (χ2n) is 9.06. The van der Waals surface area contributed by atoms with Gasteiger partial charge in [0.1, 0.15) is 24.5 Å². The van der Waals surface area contributed by atoms with Crippen LogP contribution in [0.15, 0.2) is 82.5 Å². The summed E-state index contributed by atoms with van der Waals surface area (Å²) in [4.78, 5) is 38.4. The molecule has 0 radical (unpaired) electrons. The summed E-state index contributed by atoms with van der Waals surface area (Å²) >= 11 is 0. The zero-order valence-corrected chi connectivity index (χ0v) is 22.4. The molecule has 4 rings (SSSR count). The molecule has 1 aromatic heterocycles. The number of H-pyrrole nitrogens is 1. The van der Waals surface area contributed by atoms with E-state index in [0.29, 0.717) is 0 Å². The minimum atomic E-state index is -4.27. The number of aromatic amines is 1. The van der Waals surface area contributed by atoms with Crippen molar-refractivity contribution >= 4 is 13.7 Å². The Morgan fingerprint density at radius 3 is 2.45 bits per heavy atom. The molecule has 1 saturated heterocycles. The number of hydrogen-bond donors (Lipinski definition) is 4. The van der Waals surface area contributed by atoms with Crippen LogP contribution in [0.4, 0.5) is 0 Å². The van der Waals surface area contributed by atoms with Crippen molar-refractivity contribution in [2.45, 2.75) is 38.0 Å². The number of para-hydroxylation sites is 1. The molecule has 0 amide bonds. The van der Waals surface area contributed by atoms with Crippen molar-refractivity contribution in [1.82, 2.24) is 14.6 Å². The van der Waals surface area contributed by atoms with Crippen LogP contribution < -0.4 is 20.9 Å². The lowest BCUT2D eigenvalue weighted by Gasteiger charge is -2.25. The molecule has 6 atom stereocenters. The van der Waals surface area contributed by atoms with Crippen LogP contribution in [0.3, 0.4) is 0 Å². The average Bonchev–Trinajstić information content (AvgIpc) is 3.26. The molecule has 40 heavy (non-hydrogen) atoms. The molecule has 3 aromatic rings. The first kappa shape index (κ1) is 29.4. The summed E-state index contributed by atoms with van der Waals surface area (Å²) in [5.41, 5.74) is -0.683. The van der Waals surface area contributed by atoms with Gasteiger partial charge in [-0.15, -0.1) is 0 Å². The van der Waals surface area contributed by atoms with Crippen LogP contribution in [0.5, 0.6) is 5.75 Å². The highest BCUT2D eigenvalue weighted by Crippen LogP contribution is 2.46. The van der Waals surface area contributed by atoms with Gasteiger partial charge in [-0.1, -0.05) is 48.5 Å². The number of nitrogens with zero attached hydrogens (tertiary/aromatic N) is 1. The molecule has 2 aromatic carbocycles. The molecular formula is C26H30N3O10P. The van der Waals surface area contributed by atoms with E-state index < -0.39 is 68.6 Å². The molecule has 1 fully saturated rings. The van der Waals surface area contributed by atoms with E-state index in [4.69, 9.17) is 18.5 Å². The van der Waals surface area contributed by atoms with Crippen molar-refractivity contribution < 1.29 is 38.1 Å². The Balaban J connectivity index is 1.47. The van der Waals surface area contributed by atoms with Crippen molar-refractivity contribution in [3.8, 4) is 5.75 Å². The number of carbonyl (C=O) groups excluding carboxylic acids is 1. The minimum absolute atomic E-state index is 0.00782. The molecule has 0 spiro atoms. The van der Waals surface area contributed by atoms with Crippen molar-refractivity contribution in [2.24, 2.45) is 5.92 Å². The van der Waals surface area contributed by atoms with Gasteiger partial charge in [0.05, 0.1) is 19.3 Å². The number of nitrogens with one attached hydrogen (secondary N) is 2. The maximum Gasteiger partial charge on any atom is 0.459 e. The molecule has 0 aliphatic carbocycles. The summed E-state index contributed by atoms with van der Waals surface area (Å²) in [6.45, 7) is 0.430. The standard InChI is InChI=1S/C26H30N3O10P/c1-17(25(33)36-15-18-8-4-2-5-9-18)28-40(35,39-19-10-6-3-7-11-19)37-16-21-20(14-30)23(32)24(38-21)29-13-12-22(31)27-26(29)34/h2-13,17,20-21,23-24,30,32H,14-16H2,1H3,(H,28,35)(H,27,31,34)/t17-,20+,21+,23+,24+,40-/m0/s1. The SMILES string of the molecule is C[C@H](N[P@](=O)(OC[C@H]1O[C@@H](n2ccc(=O)[nH]c2=O)[C@H](O)[C@@H]1CO)Oc1ccccc1)C(=O)OCc1ccccc1. The van der Waals surface area contributed by atoms with Crippen molar-refractivity contribution in [2.75, 3.05) is 13.2 Å². The number of hydrogen-bond acceptors (Lipinski definition) is 10. The lowest BCUT2D eigenvalue weighted by Crippen LogP contribution is -2.37. The van der Waals surface area contributed by atoms with E-state index in [1.807, 2.05) is 6.07 Å². The van der Waals surface area contributed by atoms with Crippen LogP contribution in [0, 0.1) is 5.92 Å². The Morgan fingerprint density at radius 1 is 1.12 bits per heavy atom. The van der Waals surface area contributed by atoms with Crippen LogP contribution in [0.2, 0.25) is 0 Å². The summed E-state index contributed by atoms with van der Waals surface area (Å²) in [5.74, 6) is -1.46. The number of aliphatic hydroxyl groups is 2. The normalized spacial score (nSPS) is 22.8. The summed E-state index contributed by atoms with van der Waals surface area (Å²) < 4.78 is 37.1. The highest BCUT2D eigenvalue weighted by Gasteiger charge is 2.46. The van der Waals surface area contributed by atoms with Gasteiger partial charge < -0.3 is 24.2 Å². The monoisotopic (exact) mass is 575 g/mol. The first-order valence-corrected chi connectivity index (χ1v) is 14.0. The molecular weight excluding hydrogens is 545 g/mol. The van der Waals surface area contributed by atoms with Gasteiger partial charge in [-0.3, -0.25) is 23.7 Å². The first-order valence-electron chi connectivity index (χ1n) is 12.4. The fourth-order valence-electron chi connectivity index (χ4n) is 4.06. The third-order valence-electron chi connectivity index (χ3n) is 6.17. The Bertz CT molecular complexity index is 1430. The van der Waals surface area contributed by atoms with Crippen LogP contribution in [0.25, 0.3) is 0 Å². The van der Waals surface area contributed by atoms with Crippen molar-refractivity contribution in [1.29, 1.82) is 0 Å².